The minimum absolute atomic E-state index is 0.0756. The topological polar surface area (TPSA) is 75.3 Å². The maximum Gasteiger partial charge on any atom is 0.261 e. The Morgan fingerprint density at radius 3 is 2.17 bits per heavy atom. The number of carbonyl (C=O) groups excluding carboxylic acids is 1. The second kappa shape index (κ2) is 8.92. The van der Waals surface area contributed by atoms with E-state index in [0.29, 0.717) is 18.5 Å². The molecular weight excluding hydrogens is 384 g/mol. The quantitative estimate of drug-likeness (QED) is 0.596. The Morgan fingerprint density at radius 1 is 0.828 bits per heavy atom. The predicted octanol–water partition coefficient (Wildman–Crippen LogP) is 4.68. The lowest BCUT2D eigenvalue weighted by Gasteiger charge is -2.09. The molecule has 0 saturated heterocycles. The van der Waals surface area contributed by atoms with E-state index >= 15 is 0 Å². The van der Waals surface area contributed by atoms with Crippen LogP contribution in [0, 0.1) is 13.8 Å². The van der Waals surface area contributed by atoms with Gasteiger partial charge in [-0.1, -0.05) is 42.0 Å². The maximum atomic E-state index is 12.5. The van der Waals surface area contributed by atoms with Crippen LogP contribution in [0.3, 0.4) is 0 Å². The van der Waals surface area contributed by atoms with Crippen LogP contribution in [-0.4, -0.2) is 14.3 Å². The number of nitrogens with one attached hydrogen (secondary N) is 2. The molecule has 0 unspecified atom stereocenters. The number of sulfonamides is 1. The lowest BCUT2D eigenvalue weighted by atomic mass is 10.1. The molecular formula is C23H24N2O3S. The summed E-state index contributed by atoms with van der Waals surface area (Å²) in [7, 11) is -3.65. The molecule has 3 rings (SSSR count). The molecule has 0 atom stereocenters. The van der Waals surface area contributed by atoms with Gasteiger partial charge in [0.05, 0.1) is 4.90 Å². The summed E-state index contributed by atoms with van der Waals surface area (Å²) in [5, 5.41) is 2.88. The summed E-state index contributed by atoms with van der Waals surface area (Å²) in [5.74, 6) is -0.0756. The molecule has 150 valence electrons. The minimum Gasteiger partial charge on any atom is -0.326 e. The number of rotatable bonds is 7. The molecule has 0 aliphatic rings. The Hall–Kier alpha value is -3.12. The van der Waals surface area contributed by atoms with Gasteiger partial charge in [0.1, 0.15) is 0 Å². The van der Waals surface area contributed by atoms with E-state index in [9.17, 15) is 13.2 Å². The van der Waals surface area contributed by atoms with Crippen LogP contribution < -0.4 is 10.0 Å². The molecule has 0 radical (unpaired) electrons. The Labute approximate surface area is 171 Å². The summed E-state index contributed by atoms with van der Waals surface area (Å²) in [5.41, 5.74) is 4.34. The first-order chi connectivity index (χ1) is 13.8. The highest BCUT2D eigenvalue weighted by molar-refractivity contribution is 7.92. The number of anilines is 2. The molecule has 29 heavy (non-hydrogen) atoms. The highest BCUT2D eigenvalue weighted by Crippen LogP contribution is 2.18. The van der Waals surface area contributed by atoms with Crippen molar-refractivity contribution in [3.63, 3.8) is 0 Å². The summed E-state index contributed by atoms with van der Waals surface area (Å²) >= 11 is 0. The van der Waals surface area contributed by atoms with Crippen LogP contribution in [-0.2, 0) is 21.2 Å². The molecule has 0 fully saturated rings. The number of benzene rings is 3. The summed E-state index contributed by atoms with van der Waals surface area (Å²) < 4.78 is 27.6. The van der Waals surface area contributed by atoms with E-state index in [0.717, 1.165) is 22.4 Å². The van der Waals surface area contributed by atoms with E-state index in [2.05, 4.69) is 10.0 Å². The third-order valence-corrected chi connectivity index (χ3v) is 5.88. The molecule has 0 bridgehead atoms. The van der Waals surface area contributed by atoms with Gasteiger partial charge in [0.15, 0.2) is 0 Å². The number of amides is 1. The summed E-state index contributed by atoms with van der Waals surface area (Å²) in [4.78, 5) is 12.3. The number of carbonyl (C=O) groups is 1. The van der Waals surface area contributed by atoms with Gasteiger partial charge in [0.25, 0.3) is 10.0 Å². The molecule has 0 aliphatic carbocycles. The lowest BCUT2D eigenvalue weighted by molar-refractivity contribution is -0.116. The van der Waals surface area contributed by atoms with Crippen LogP contribution in [0.1, 0.15) is 23.1 Å². The first-order valence-corrected chi connectivity index (χ1v) is 10.9. The van der Waals surface area contributed by atoms with Crippen LogP contribution >= 0.6 is 0 Å². The first-order valence-electron chi connectivity index (χ1n) is 9.37. The fourth-order valence-corrected chi connectivity index (χ4v) is 3.93. The SMILES string of the molecule is Cc1ccc(NS(=O)(=O)c2ccc(CCC(=O)Nc3cccc(C)c3)cc2)cc1. The molecule has 0 heterocycles. The molecule has 1 amide bonds. The fourth-order valence-electron chi connectivity index (χ4n) is 2.88. The molecule has 3 aromatic rings. The van der Waals surface area contributed by atoms with Gasteiger partial charge < -0.3 is 5.32 Å². The Bertz CT molecular complexity index is 1090. The van der Waals surface area contributed by atoms with Crippen molar-refractivity contribution in [1.29, 1.82) is 0 Å². The van der Waals surface area contributed by atoms with Gasteiger partial charge in [-0.3, -0.25) is 9.52 Å². The van der Waals surface area contributed by atoms with Gasteiger partial charge in [-0.2, -0.15) is 0 Å². The van der Waals surface area contributed by atoms with Crippen molar-refractivity contribution in [3.05, 3.63) is 89.5 Å². The average molecular weight is 409 g/mol. The van der Waals surface area contributed by atoms with Gasteiger partial charge in [0.2, 0.25) is 5.91 Å². The second-order valence-electron chi connectivity index (χ2n) is 7.03. The van der Waals surface area contributed by atoms with Crippen molar-refractivity contribution in [3.8, 4) is 0 Å². The molecule has 0 saturated carbocycles. The first kappa shape index (κ1) is 20.6. The minimum atomic E-state index is -3.65. The third-order valence-electron chi connectivity index (χ3n) is 4.48. The van der Waals surface area contributed by atoms with Crippen LogP contribution in [0.15, 0.2) is 77.7 Å². The standard InChI is InChI=1S/C23H24N2O3S/c1-17-6-11-20(12-7-17)25-29(27,28)22-13-8-19(9-14-22)10-15-23(26)24-21-5-3-4-18(2)16-21/h3-9,11-14,16,25H,10,15H2,1-2H3,(H,24,26). The normalized spacial score (nSPS) is 11.1. The highest BCUT2D eigenvalue weighted by atomic mass is 32.2. The molecule has 5 nitrogen and oxygen atoms in total. The van der Waals surface area contributed by atoms with Crippen molar-refractivity contribution in [2.24, 2.45) is 0 Å². The summed E-state index contributed by atoms with van der Waals surface area (Å²) in [6.45, 7) is 3.91. The van der Waals surface area contributed by atoms with Gasteiger partial charge >= 0.3 is 0 Å². The Morgan fingerprint density at radius 2 is 1.52 bits per heavy atom. The molecule has 0 aromatic heterocycles. The van der Waals surface area contributed by atoms with Gasteiger partial charge in [-0.25, -0.2) is 8.42 Å². The zero-order valence-electron chi connectivity index (χ0n) is 16.5. The zero-order chi connectivity index (χ0) is 20.9. The van der Waals surface area contributed by atoms with Crippen LogP contribution in [0.2, 0.25) is 0 Å². The molecule has 6 heteroatoms. The summed E-state index contributed by atoms with van der Waals surface area (Å²) in [6.07, 6.45) is 0.852. The highest BCUT2D eigenvalue weighted by Gasteiger charge is 2.14. The van der Waals surface area contributed by atoms with Gasteiger partial charge in [0, 0.05) is 17.8 Å². The fraction of sp³-hybridized carbons (Fsp3) is 0.174. The van der Waals surface area contributed by atoms with E-state index < -0.39 is 10.0 Å². The maximum absolute atomic E-state index is 12.5. The van der Waals surface area contributed by atoms with Crippen molar-refractivity contribution in [2.75, 3.05) is 10.0 Å². The Balaban J connectivity index is 1.58. The van der Waals surface area contributed by atoms with Crippen molar-refractivity contribution in [1.82, 2.24) is 0 Å². The summed E-state index contributed by atoms with van der Waals surface area (Å²) in [6, 6.07) is 21.4. The average Bonchev–Trinajstić information content (AvgIpc) is 2.68. The largest absolute Gasteiger partial charge is 0.326 e. The molecule has 0 spiro atoms. The van der Waals surface area contributed by atoms with E-state index in [1.807, 2.05) is 50.2 Å². The van der Waals surface area contributed by atoms with Gasteiger partial charge in [-0.05, 0) is 67.8 Å². The van der Waals surface area contributed by atoms with Crippen molar-refractivity contribution in [2.45, 2.75) is 31.6 Å². The van der Waals surface area contributed by atoms with Crippen LogP contribution in [0.4, 0.5) is 11.4 Å². The van der Waals surface area contributed by atoms with Crippen molar-refractivity contribution >= 4 is 27.3 Å². The molecule has 2 N–H and O–H groups in total. The van der Waals surface area contributed by atoms with E-state index in [-0.39, 0.29) is 10.8 Å². The van der Waals surface area contributed by atoms with Crippen molar-refractivity contribution < 1.29 is 13.2 Å². The monoisotopic (exact) mass is 408 g/mol. The number of hydrogen-bond acceptors (Lipinski definition) is 3. The van der Waals surface area contributed by atoms with E-state index in [1.165, 1.54) is 0 Å². The predicted molar refractivity (Wildman–Crippen MR) is 117 cm³/mol. The lowest BCUT2D eigenvalue weighted by Crippen LogP contribution is -2.13. The van der Waals surface area contributed by atoms with Crippen LogP contribution in [0.5, 0.6) is 0 Å². The molecule has 0 aliphatic heterocycles. The second-order valence-corrected chi connectivity index (χ2v) is 8.72. The smallest absolute Gasteiger partial charge is 0.261 e. The third kappa shape index (κ3) is 5.93. The van der Waals surface area contributed by atoms with E-state index in [4.69, 9.17) is 0 Å². The number of aryl methyl sites for hydroxylation is 3. The number of hydrogen-bond donors (Lipinski definition) is 2. The zero-order valence-corrected chi connectivity index (χ0v) is 17.3. The van der Waals surface area contributed by atoms with Gasteiger partial charge in [-0.15, -0.1) is 0 Å². The molecule has 3 aromatic carbocycles. The van der Waals surface area contributed by atoms with E-state index in [1.54, 1.807) is 36.4 Å². The van der Waals surface area contributed by atoms with Crippen LogP contribution in [0.25, 0.3) is 0 Å². The Kier molecular flexibility index (Phi) is 6.34.